The van der Waals surface area contributed by atoms with Crippen LogP contribution in [-0.4, -0.2) is 27.4 Å². The van der Waals surface area contributed by atoms with Gasteiger partial charge in [0.1, 0.15) is 0 Å². The maximum atomic E-state index is 9.89. The van der Waals surface area contributed by atoms with Crippen LogP contribution in [0.4, 0.5) is 0 Å². The highest BCUT2D eigenvalue weighted by molar-refractivity contribution is 5.00. The molecule has 1 aliphatic carbocycles. The first-order valence-electron chi connectivity index (χ1n) is 7.55. The number of nitrogens with zero attached hydrogens (tertiary/aromatic N) is 2. The molecule has 2 atom stereocenters. The Bertz CT molecular complexity index is 444. The minimum absolute atomic E-state index is 0.152. The van der Waals surface area contributed by atoms with Crippen LogP contribution in [0.1, 0.15) is 58.7 Å². The second-order valence-electron chi connectivity index (χ2n) is 7.10. The highest BCUT2D eigenvalue weighted by atomic mass is 16.5. The van der Waals surface area contributed by atoms with Crippen LogP contribution in [0.3, 0.4) is 0 Å². The van der Waals surface area contributed by atoms with Gasteiger partial charge in [-0.05, 0) is 30.6 Å². The van der Waals surface area contributed by atoms with Gasteiger partial charge in [-0.1, -0.05) is 32.9 Å². The Hall–Kier alpha value is -0.940. The van der Waals surface area contributed by atoms with Crippen molar-refractivity contribution in [2.24, 2.45) is 11.3 Å². The lowest BCUT2D eigenvalue weighted by molar-refractivity contribution is 0.0347. The summed E-state index contributed by atoms with van der Waals surface area (Å²) in [5, 5.41) is 17.3. The summed E-state index contributed by atoms with van der Waals surface area (Å²) in [5.74, 6) is 1.94. The summed E-state index contributed by atoms with van der Waals surface area (Å²) in [6.45, 7) is 9.50. The van der Waals surface area contributed by atoms with Gasteiger partial charge in [0, 0.05) is 12.0 Å². The first kappa shape index (κ1) is 15.4. The topological polar surface area (TPSA) is 71.2 Å². The van der Waals surface area contributed by atoms with Crippen molar-refractivity contribution in [3.63, 3.8) is 0 Å². The molecule has 2 rings (SSSR count). The molecule has 0 amide bonds. The van der Waals surface area contributed by atoms with E-state index in [0.717, 1.165) is 19.3 Å². The second-order valence-corrected chi connectivity index (χ2v) is 7.10. The van der Waals surface area contributed by atoms with E-state index in [1.807, 2.05) is 6.92 Å². The summed E-state index contributed by atoms with van der Waals surface area (Å²) in [5.41, 5.74) is 0.0212. The number of hydrogen-bond acceptors (Lipinski definition) is 5. The zero-order valence-electron chi connectivity index (χ0n) is 13.1. The molecule has 0 unspecified atom stereocenters. The van der Waals surface area contributed by atoms with Gasteiger partial charge in [-0.15, -0.1) is 0 Å². The Balaban J connectivity index is 2.03. The molecule has 1 aliphatic rings. The Morgan fingerprint density at radius 3 is 2.70 bits per heavy atom. The van der Waals surface area contributed by atoms with E-state index in [9.17, 15) is 5.11 Å². The van der Waals surface area contributed by atoms with Gasteiger partial charge in [0.25, 0.3) is 0 Å². The molecule has 1 aromatic heterocycles. The normalized spacial score (nSPS) is 29.6. The van der Waals surface area contributed by atoms with Crippen LogP contribution >= 0.6 is 0 Å². The minimum Gasteiger partial charge on any atom is -0.394 e. The Labute approximate surface area is 121 Å². The van der Waals surface area contributed by atoms with Crippen molar-refractivity contribution in [3.8, 4) is 0 Å². The fourth-order valence-corrected chi connectivity index (χ4v) is 3.83. The van der Waals surface area contributed by atoms with E-state index in [-0.39, 0.29) is 17.6 Å². The zero-order chi connectivity index (χ0) is 14.8. The smallest absolute Gasteiger partial charge is 0.226 e. The summed E-state index contributed by atoms with van der Waals surface area (Å²) in [6, 6.07) is 0. The molecule has 20 heavy (non-hydrogen) atoms. The Morgan fingerprint density at radius 2 is 2.15 bits per heavy atom. The zero-order valence-corrected chi connectivity index (χ0v) is 13.1. The molecule has 1 aromatic rings. The average molecular weight is 281 g/mol. The Kier molecular flexibility index (Phi) is 4.49. The molecule has 0 radical (unpaired) electrons. The summed E-state index contributed by atoms with van der Waals surface area (Å²) in [4.78, 5) is 4.31. The number of aromatic nitrogens is 2. The molecule has 1 fully saturated rings. The number of nitrogens with one attached hydrogen (secondary N) is 1. The van der Waals surface area contributed by atoms with Crippen LogP contribution in [0.25, 0.3) is 0 Å². The maximum Gasteiger partial charge on any atom is 0.226 e. The van der Waals surface area contributed by atoms with Gasteiger partial charge in [0.2, 0.25) is 5.89 Å². The summed E-state index contributed by atoms with van der Waals surface area (Å²) >= 11 is 0. The van der Waals surface area contributed by atoms with Crippen molar-refractivity contribution in [3.05, 3.63) is 11.7 Å². The predicted molar refractivity (Wildman–Crippen MR) is 77.1 cm³/mol. The van der Waals surface area contributed by atoms with Crippen LogP contribution in [0.2, 0.25) is 0 Å². The standard InChI is InChI=1S/C15H27N3O2/c1-5-13-17-12(18-20-13)8-16-15(10-19)7-11(2)6-14(3,4)9-15/h11,16,19H,5-10H2,1-4H3/t11-,15-/m1/s1. The number of hydrogen-bond donors (Lipinski definition) is 2. The van der Waals surface area contributed by atoms with Crippen LogP contribution in [0.15, 0.2) is 4.52 Å². The molecule has 1 heterocycles. The molecule has 0 bridgehead atoms. The van der Waals surface area contributed by atoms with E-state index in [4.69, 9.17) is 4.52 Å². The first-order chi connectivity index (χ1) is 9.38. The number of aliphatic hydroxyl groups is 1. The molecule has 5 nitrogen and oxygen atoms in total. The van der Waals surface area contributed by atoms with Gasteiger partial charge in [-0.2, -0.15) is 4.98 Å². The van der Waals surface area contributed by atoms with E-state index in [1.165, 1.54) is 6.42 Å². The van der Waals surface area contributed by atoms with Crippen LogP contribution in [0, 0.1) is 11.3 Å². The minimum atomic E-state index is -0.228. The summed E-state index contributed by atoms with van der Waals surface area (Å²) in [7, 11) is 0. The van der Waals surface area contributed by atoms with Crippen molar-refractivity contribution in [2.75, 3.05) is 6.61 Å². The molecule has 0 saturated heterocycles. The van der Waals surface area contributed by atoms with Crippen molar-refractivity contribution in [2.45, 2.75) is 65.5 Å². The predicted octanol–water partition coefficient (Wildman–Crippen LogP) is 2.30. The van der Waals surface area contributed by atoms with Crippen molar-refractivity contribution < 1.29 is 9.63 Å². The van der Waals surface area contributed by atoms with Gasteiger partial charge in [-0.25, -0.2) is 0 Å². The SMILES string of the molecule is CCc1nc(CN[C@]2(CO)C[C@H](C)CC(C)(C)C2)no1. The number of rotatable bonds is 5. The lowest BCUT2D eigenvalue weighted by atomic mass is 9.64. The highest BCUT2D eigenvalue weighted by Crippen LogP contribution is 2.43. The van der Waals surface area contributed by atoms with E-state index in [2.05, 4.69) is 36.2 Å². The average Bonchev–Trinajstić information content (AvgIpc) is 2.82. The van der Waals surface area contributed by atoms with Crippen LogP contribution in [0.5, 0.6) is 0 Å². The van der Waals surface area contributed by atoms with Crippen LogP contribution < -0.4 is 5.32 Å². The number of aryl methyl sites for hydroxylation is 1. The maximum absolute atomic E-state index is 9.89. The van der Waals surface area contributed by atoms with Gasteiger partial charge in [0.15, 0.2) is 5.82 Å². The number of aliphatic hydroxyl groups excluding tert-OH is 1. The molecule has 2 N–H and O–H groups in total. The second kappa shape index (κ2) is 5.82. The third kappa shape index (κ3) is 3.58. The molecular weight excluding hydrogens is 254 g/mol. The monoisotopic (exact) mass is 281 g/mol. The lowest BCUT2D eigenvalue weighted by Gasteiger charge is -2.47. The quantitative estimate of drug-likeness (QED) is 0.866. The van der Waals surface area contributed by atoms with E-state index >= 15 is 0 Å². The summed E-state index contributed by atoms with van der Waals surface area (Å²) < 4.78 is 5.12. The third-order valence-electron chi connectivity index (χ3n) is 4.19. The fourth-order valence-electron chi connectivity index (χ4n) is 3.83. The summed E-state index contributed by atoms with van der Waals surface area (Å²) in [6.07, 6.45) is 3.92. The van der Waals surface area contributed by atoms with E-state index < -0.39 is 0 Å². The molecule has 0 aliphatic heterocycles. The van der Waals surface area contributed by atoms with Gasteiger partial charge in [0.05, 0.1) is 13.2 Å². The lowest BCUT2D eigenvalue weighted by Crippen LogP contribution is -2.55. The van der Waals surface area contributed by atoms with Crippen LogP contribution in [-0.2, 0) is 13.0 Å². The van der Waals surface area contributed by atoms with Crippen molar-refractivity contribution in [1.82, 2.24) is 15.5 Å². The van der Waals surface area contributed by atoms with Crippen molar-refractivity contribution in [1.29, 1.82) is 0 Å². The van der Waals surface area contributed by atoms with Gasteiger partial charge >= 0.3 is 0 Å². The van der Waals surface area contributed by atoms with Gasteiger partial charge < -0.3 is 14.9 Å². The van der Waals surface area contributed by atoms with E-state index in [0.29, 0.717) is 24.2 Å². The fraction of sp³-hybridized carbons (Fsp3) is 0.867. The molecule has 5 heteroatoms. The van der Waals surface area contributed by atoms with E-state index in [1.54, 1.807) is 0 Å². The van der Waals surface area contributed by atoms with Crippen molar-refractivity contribution >= 4 is 0 Å². The molecule has 0 spiro atoms. The largest absolute Gasteiger partial charge is 0.394 e. The highest BCUT2D eigenvalue weighted by Gasteiger charge is 2.42. The molecular formula is C15H27N3O2. The Morgan fingerprint density at radius 1 is 1.40 bits per heavy atom. The molecule has 0 aromatic carbocycles. The first-order valence-corrected chi connectivity index (χ1v) is 7.55. The third-order valence-corrected chi connectivity index (χ3v) is 4.19. The van der Waals surface area contributed by atoms with Gasteiger partial charge in [-0.3, -0.25) is 0 Å². The molecule has 1 saturated carbocycles. The molecule has 114 valence electrons.